The Hall–Kier alpha value is -2.09. The van der Waals surface area contributed by atoms with Crippen LogP contribution in [0.4, 0.5) is 14.5 Å². The van der Waals surface area contributed by atoms with Crippen LogP contribution >= 0.6 is 0 Å². The van der Waals surface area contributed by atoms with E-state index in [2.05, 4.69) is 5.32 Å². The molecule has 6 nitrogen and oxygen atoms in total. The van der Waals surface area contributed by atoms with Crippen molar-refractivity contribution in [1.82, 2.24) is 5.32 Å². The van der Waals surface area contributed by atoms with Gasteiger partial charge in [0.25, 0.3) is 0 Å². The molecule has 1 aromatic rings. The van der Waals surface area contributed by atoms with Gasteiger partial charge >= 0.3 is 5.69 Å². The molecule has 0 unspecified atom stereocenters. The van der Waals surface area contributed by atoms with E-state index in [9.17, 15) is 23.7 Å². The summed E-state index contributed by atoms with van der Waals surface area (Å²) >= 11 is 0. The Bertz CT molecular complexity index is 480. The van der Waals surface area contributed by atoms with E-state index < -0.39 is 28.2 Å². The zero-order chi connectivity index (χ0) is 13.7. The molecule has 0 fully saturated rings. The van der Waals surface area contributed by atoms with Crippen molar-refractivity contribution >= 4 is 11.6 Å². The molecule has 8 heteroatoms. The lowest BCUT2D eigenvalue weighted by molar-refractivity contribution is -0.387. The first kappa shape index (κ1) is 14.0. The minimum Gasteiger partial charge on any atom is -0.370 e. The molecule has 1 rings (SSSR count). The third kappa shape index (κ3) is 3.74. The summed E-state index contributed by atoms with van der Waals surface area (Å²) in [7, 11) is 0. The van der Waals surface area contributed by atoms with E-state index in [4.69, 9.17) is 5.73 Å². The van der Waals surface area contributed by atoms with E-state index in [1.807, 2.05) is 0 Å². The van der Waals surface area contributed by atoms with Gasteiger partial charge in [-0.1, -0.05) is 0 Å². The first-order valence-electron chi connectivity index (χ1n) is 5.03. The lowest BCUT2D eigenvalue weighted by Crippen LogP contribution is -2.22. The molecule has 0 radical (unpaired) electrons. The van der Waals surface area contributed by atoms with Crippen molar-refractivity contribution < 1.29 is 18.5 Å². The number of benzene rings is 1. The monoisotopic (exact) mass is 259 g/mol. The van der Waals surface area contributed by atoms with Crippen LogP contribution in [0.3, 0.4) is 0 Å². The van der Waals surface area contributed by atoms with Gasteiger partial charge in [0.05, 0.1) is 4.92 Å². The number of hydrogen-bond donors (Lipinski definition) is 2. The fourth-order valence-electron chi connectivity index (χ4n) is 1.29. The van der Waals surface area contributed by atoms with E-state index in [-0.39, 0.29) is 25.1 Å². The Morgan fingerprint density at radius 3 is 2.61 bits per heavy atom. The van der Waals surface area contributed by atoms with Crippen LogP contribution < -0.4 is 11.1 Å². The lowest BCUT2D eigenvalue weighted by atomic mass is 10.1. The molecule has 18 heavy (non-hydrogen) atoms. The number of carbonyl (C=O) groups excluding carboxylic acids is 1. The number of nitrogens with zero attached hydrogens (tertiary/aromatic N) is 1. The van der Waals surface area contributed by atoms with Crippen molar-refractivity contribution in [3.8, 4) is 0 Å². The number of hydrogen-bond acceptors (Lipinski definition) is 4. The number of primary amides is 1. The Morgan fingerprint density at radius 1 is 1.39 bits per heavy atom. The standard InChI is InChI=1S/C10H11F2N3O3/c11-7-4-8(12)9(15(17)18)3-6(7)5-14-2-1-10(13)16/h3-4,14H,1-2,5H2,(H2,13,16). The maximum Gasteiger partial charge on any atom is 0.305 e. The molecule has 1 amide bonds. The molecule has 0 atom stereocenters. The van der Waals surface area contributed by atoms with Gasteiger partial charge in [-0.3, -0.25) is 14.9 Å². The fourth-order valence-corrected chi connectivity index (χ4v) is 1.29. The first-order chi connectivity index (χ1) is 8.41. The third-order valence-electron chi connectivity index (χ3n) is 2.18. The highest BCUT2D eigenvalue weighted by Crippen LogP contribution is 2.21. The molecule has 0 bridgehead atoms. The predicted molar refractivity (Wildman–Crippen MR) is 58.5 cm³/mol. The smallest absolute Gasteiger partial charge is 0.305 e. The van der Waals surface area contributed by atoms with Crippen molar-refractivity contribution in [3.05, 3.63) is 39.4 Å². The summed E-state index contributed by atoms with van der Waals surface area (Å²) in [6, 6.07) is 1.28. The highest BCUT2D eigenvalue weighted by atomic mass is 19.1. The van der Waals surface area contributed by atoms with Crippen LogP contribution in [0.5, 0.6) is 0 Å². The molecule has 0 saturated carbocycles. The summed E-state index contributed by atoms with van der Waals surface area (Å²) in [4.78, 5) is 20.0. The zero-order valence-corrected chi connectivity index (χ0v) is 9.28. The van der Waals surface area contributed by atoms with E-state index in [1.54, 1.807) is 0 Å². The lowest BCUT2D eigenvalue weighted by Gasteiger charge is -2.05. The van der Waals surface area contributed by atoms with Crippen LogP contribution in [-0.4, -0.2) is 17.4 Å². The maximum absolute atomic E-state index is 13.3. The van der Waals surface area contributed by atoms with Crippen LogP contribution in [0.15, 0.2) is 12.1 Å². The number of nitro groups is 1. The van der Waals surface area contributed by atoms with Gasteiger partial charge in [0.15, 0.2) is 0 Å². The fraction of sp³-hybridized carbons (Fsp3) is 0.300. The van der Waals surface area contributed by atoms with Gasteiger partial charge < -0.3 is 11.1 Å². The largest absolute Gasteiger partial charge is 0.370 e. The number of rotatable bonds is 6. The predicted octanol–water partition coefficient (Wildman–Crippen LogP) is 0.838. The molecule has 3 N–H and O–H groups in total. The molecular formula is C10H11F2N3O3. The number of halogens is 2. The molecule has 0 saturated heterocycles. The van der Waals surface area contributed by atoms with Crippen LogP contribution in [0, 0.1) is 21.7 Å². The van der Waals surface area contributed by atoms with E-state index in [1.165, 1.54) is 0 Å². The molecule has 0 aliphatic heterocycles. The van der Waals surface area contributed by atoms with Crippen LogP contribution in [0.1, 0.15) is 12.0 Å². The summed E-state index contributed by atoms with van der Waals surface area (Å²) in [6.07, 6.45) is 0.0604. The quantitative estimate of drug-likeness (QED) is 0.449. The Balaban J connectivity index is 2.73. The average Bonchev–Trinajstić information content (AvgIpc) is 2.25. The van der Waals surface area contributed by atoms with Gasteiger partial charge in [0, 0.05) is 37.2 Å². The van der Waals surface area contributed by atoms with Gasteiger partial charge in [-0.2, -0.15) is 4.39 Å². The van der Waals surface area contributed by atoms with E-state index in [0.717, 1.165) is 6.07 Å². The van der Waals surface area contributed by atoms with Gasteiger partial charge in [0.2, 0.25) is 11.7 Å². The highest BCUT2D eigenvalue weighted by molar-refractivity contribution is 5.73. The molecule has 1 aromatic carbocycles. The molecule has 0 aromatic heterocycles. The van der Waals surface area contributed by atoms with Gasteiger partial charge in [0.1, 0.15) is 5.82 Å². The van der Waals surface area contributed by atoms with Crippen molar-refractivity contribution in [2.24, 2.45) is 5.73 Å². The van der Waals surface area contributed by atoms with E-state index >= 15 is 0 Å². The second-order valence-corrected chi connectivity index (χ2v) is 3.55. The summed E-state index contributed by atoms with van der Waals surface area (Å²) in [5.74, 6) is -2.63. The van der Waals surface area contributed by atoms with Crippen LogP contribution in [-0.2, 0) is 11.3 Å². The summed E-state index contributed by atoms with van der Waals surface area (Å²) < 4.78 is 26.3. The molecule has 0 aliphatic rings. The topological polar surface area (TPSA) is 98.3 Å². The minimum absolute atomic E-state index is 0.0485. The molecule has 0 spiro atoms. The van der Waals surface area contributed by atoms with Crippen LogP contribution in [0.25, 0.3) is 0 Å². The highest BCUT2D eigenvalue weighted by Gasteiger charge is 2.18. The second-order valence-electron chi connectivity index (χ2n) is 3.55. The summed E-state index contributed by atoms with van der Waals surface area (Å²) in [5.41, 5.74) is 4.06. The van der Waals surface area contributed by atoms with Crippen molar-refractivity contribution in [3.63, 3.8) is 0 Å². The van der Waals surface area contributed by atoms with Gasteiger partial charge in [-0.25, -0.2) is 4.39 Å². The van der Waals surface area contributed by atoms with Crippen molar-refractivity contribution in [2.45, 2.75) is 13.0 Å². The molecule has 0 heterocycles. The van der Waals surface area contributed by atoms with Crippen molar-refractivity contribution in [1.29, 1.82) is 0 Å². The SMILES string of the molecule is NC(=O)CCNCc1cc([N+](=O)[O-])c(F)cc1F. The van der Waals surface area contributed by atoms with E-state index in [0.29, 0.717) is 6.07 Å². The number of amides is 1. The molecular weight excluding hydrogens is 248 g/mol. The molecule has 98 valence electrons. The van der Waals surface area contributed by atoms with Gasteiger partial charge in [-0.15, -0.1) is 0 Å². The second kappa shape index (κ2) is 6.01. The average molecular weight is 259 g/mol. The summed E-state index contributed by atoms with van der Waals surface area (Å²) in [5, 5.41) is 13.1. The Kier molecular flexibility index (Phi) is 4.67. The van der Waals surface area contributed by atoms with Gasteiger partial charge in [-0.05, 0) is 0 Å². The number of carbonyl (C=O) groups is 1. The zero-order valence-electron chi connectivity index (χ0n) is 9.28. The minimum atomic E-state index is -1.22. The Labute approximate surface area is 101 Å². The first-order valence-corrected chi connectivity index (χ1v) is 5.03. The number of nitrogens with one attached hydrogen (secondary N) is 1. The Morgan fingerprint density at radius 2 is 2.06 bits per heavy atom. The maximum atomic E-state index is 13.3. The number of nitrogens with two attached hydrogens (primary N) is 1. The summed E-state index contributed by atoms with van der Waals surface area (Å²) in [6.45, 7) is 0.153. The van der Waals surface area contributed by atoms with Crippen LogP contribution in [0.2, 0.25) is 0 Å². The molecule has 0 aliphatic carbocycles. The van der Waals surface area contributed by atoms with Crippen molar-refractivity contribution in [2.75, 3.05) is 6.54 Å². The number of nitro benzene ring substituents is 1. The third-order valence-corrected chi connectivity index (χ3v) is 2.18. The normalized spacial score (nSPS) is 10.3.